The van der Waals surface area contributed by atoms with Crippen LogP contribution in [0.1, 0.15) is 62.7 Å². The molecule has 4 aliphatic carbocycles. The summed E-state index contributed by atoms with van der Waals surface area (Å²) in [6.07, 6.45) is 5.13. The molecule has 4 bridgehead atoms. The maximum atomic E-state index is 13.1. The van der Waals surface area contributed by atoms with E-state index < -0.39 is 5.41 Å². The van der Waals surface area contributed by atoms with Crippen LogP contribution in [-0.4, -0.2) is 35.7 Å². The molecule has 1 aromatic carbocycles. The molecule has 0 aromatic heterocycles. The Morgan fingerprint density at radius 2 is 1.60 bits per heavy atom. The monoisotopic (exact) mass is 412 g/mol. The van der Waals surface area contributed by atoms with E-state index in [2.05, 4.69) is 10.6 Å². The first-order valence-electron chi connectivity index (χ1n) is 10.6. The van der Waals surface area contributed by atoms with Crippen LogP contribution in [0.25, 0.3) is 0 Å². The molecule has 4 fully saturated rings. The van der Waals surface area contributed by atoms with Crippen LogP contribution in [0.2, 0.25) is 0 Å². The molecule has 7 heteroatoms. The summed E-state index contributed by atoms with van der Waals surface area (Å²) in [6, 6.07) is 6.51. The standard InChI is InChI=1S/C23H28N2O5/c1-14(26)24-19-5-3-18(4-6-19)20(28)12-30-21(29)22-8-16-7-17(9-22)11-23(10-16,13-22)25-15(2)27/h3-6,16-17H,7-13H2,1-2H3,(H,24,26)(H,25,27). The van der Waals surface area contributed by atoms with Gasteiger partial charge in [-0.25, -0.2) is 0 Å². The van der Waals surface area contributed by atoms with Crippen LogP contribution >= 0.6 is 0 Å². The summed E-state index contributed by atoms with van der Waals surface area (Å²) < 4.78 is 5.52. The fourth-order valence-electron chi connectivity index (χ4n) is 6.33. The summed E-state index contributed by atoms with van der Waals surface area (Å²) in [5.74, 6) is 0.00730. The van der Waals surface area contributed by atoms with E-state index in [4.69, 9.17) is 4.74 Å². The van der Waals surface area contributed by atoms with Gasteiger partial charge in [0.15, 0.2) is 12.4 Å². The molecule has 4 aliphatic rings. The average molecular weight is 412 g/mol. The number of ketones is 1. The molecule has 2 amide bonds. The zero-order valence-electron chi connectivity index (χ0n) is 17.5. The van der Waals surface area contributed by atoms with E-state index in [9.17, 15) is 19.2 Å². The van der Waals surface area contributed by atoms with Crippen molar-refractivity contribution in [2.75, 3.05) is 11.9 Å². The van der Waals surface area contributed by atoms with Gasteiger partial charge in [0, 0.05) is 30.6 Å². The molecule has 5 rings (SSSR count). The number of benzene rings is 1. The maximum Gasteiger partial charge on any atom is 0.312 e. The van der Waals surface area contributed by atoms with Gasteiger partial charge in [0.2, 0.25) is 11.8 Å². The van der Waals surface area contributed by atoms with E-state index in [1.165, 1.54) is 13.8 Å². The minimum Gasteiger partial charge on any atom is -0.457 e. The number of carbonyl (C=O) groups is 4. The summed E-state index contributed by atoms with van der Waals surface area (Å²) in [7, 11) is 0. The third-order valence-electron chi connectivity index (χ3n) is 6.80. The van der Waals surface area contributed by atoms with Crippen molar-refractivity contribution in [3.63, 3.8) is 0 Å². The normalized spacial score (nSPS) is 31.1. The lowest BCUT2D eigenvalue weighted by molar-refractivity contribution is -0.174. The molecule has 160 valence electrons. The Hall–Kier alpha value is -2.70. The van der Waals surface area contributed by atoms with E-state index in [-0.39, 0.29) is 35.7 Å². The lowest BCUT2D eigenvalue weighted by atomic mass is 9.47. The molecule has 0 spiro atoms. The lowest BCUT2D eigenvalue weighted by Gasteiger charge is -2.60. The third kappa shape index (κ3) is 3.98. The van der Waals surface area contributed by atoms with Gasteiger partial charge >= 0.3 is 5.97 Å². The summed E-state index contributed by atoms with van der Waals surface area (Å²) in [4.78, 5) is 48.5. The van der Waals surface area contributed by atoms with Gasteiger partial charge in [-0.2, -0.15) is 0 Å². The molecule has 2 N–H and O–H groups in total. The van der Waals surface area contributed by atoms with E-state index in [1.54, 1.807) is 24.3 Å². The summed E-state index contributed by atoms with van der Waals surface area (Å²) in [6.45, 7) is 2.64. The van der Waals surface area contributed by atoms with Crippen LogP contribution in [0, 0.1) is 17.3 Å². The van der Waals surface area contributed by atoms with Gasteiger partial charge in [0.1, 0.15) is 0 Å². The van der Waals surface area contributed by atoms with Crippen molar-refractivity contribution < 1.29 is 23.9 Å². The molecule has 4 saturated carbocycles. The molecular formula is C23H28N2O5. The number of nitrogens with one attached hydrogen (secondary N) is 2. The average Bonchev–Trinajstić information content (AvgIpc) is 2.63. The van der Waals surface area contributed by atoms with Gasteiger partial charge in [-0.05, 0) is 74.6 Å². The van der Waals surface area contributed by atoms with Crippen molar-refractivity contribution in [1.82, 2.24) is 5.32 Å². The minimum atomic E-state index is -0.595. The summed E-state index contributed by atoms with van der Waals surface area (Å²) in [5.41, 5.74) is 0.130. The first kappa shape index (κ1) is 20.6. The largest absolute Gasteiger partial charge is 0.457 e. The number of esters is 1. The number of ether oxygens (including phenoxy) is 1. The SMILES string of the molecule is CC(=O)Nc1ccc(C(=O)COC(=O)C23CC4CC(CC(NC(C)=O)(C4)C2)C3)cc1. The Morgan fingerprint density at radius 3 is 2.17 bits per heavy atom. The van der Waals surface area contributed by atoms with Crippen LogP contribution < -0.4 is 10.6 Å². The van der Waals surface area contributed by atoms with Gasteiger partial charge in [-0.3, -0.25) is 19.2 Å². The van der Waals surface area contributed by atoms with Crippen molar-refractivity contribution in [1.29, 1.82) is 0 Å². The lowest BCUT2D eigenvalue weighted by Crippen LogP contribution is -2.64. The number of anilines is 1. The quantitative estimate of drug-likeness (QED) is 0.553. The van der Waals surface area contributed by atoms with Crippen molar-refractivity contribution in [2.24, 2.45) is 17.3 Å². The Kier molecular flexibility index (Phi) is 5.16. The van der Waals surface area contributed by atoms with Crippen LogP contribution in [0.3, 0.4) is 0 Å². The van der Waals surface area contributed by atoms with Crippen LogP contribution in [0.15, 0.2) is 24.3 Å². The van der Waals surface area contributed by atoms with Crippen LogP contribution in [0.4, 0.5) is 5.69 Å². The van der Waals surface area contributed by atoms with Crippen LogP contribution in [0.5, 0.6) is 0 Å². The Balaban J connectivity index is 1.41. The molecule has 1 aromatic rings. The van der Waals surface area contributed by atoms with Gasteiger partial charge in [0.05, 0.1) is 5.41 Å². The first-order valence-corrected chi connectivity index (χ1v) is 10.6. The number of rotatable bonds is 6. The maximum absolute atomic E-state index is 13.1. The second-order valence-corrected chi connectivity index (χ2v) is 9.46. The fourth-order valence-corrected chi connectivity index (χ4v) is 6.33. The molecular weight excluding hydrogens is 384 g/mol. The topological polar surface area (TPSA) is 102 Å². The van der Waals surface area contributed by atoms with Gasteiger partial charge in [-0.1, -0.05) is 0 Å². The summed E-state index contributed by atoms with van der Waals surface area (Å²) >= 11 is 0. The highest BCUT2D eigenvalue weighted by molar-refractivity contribution is 5.99. The minimum absolute atomic E-state index is 0.0571. The second-order valence-electron chi connectivity index (χ2n) is 9.46. The smallest absolute Gasteiger partial charge is 0.312 e. The second kappa shape index (κ2) is 7.52. The zero-order chi connectivity index (χ0) is 21.5. The molecule has 2 unspecified atom stereocenters. The van der Waals surface area contributed by atoms with E-state index in [0.717, 1.165) is 32.1 Å². The molecule has 30 heavy (non-hydrogen) atoms. The van der Waals surface area contributed by atoms with Crippen molar-refractivity contribution in [2.45, 2.75) is 57.9 Å². The molecule has 0 heterocycles. The third-order valence-corrected chi connectivity index (χ3v) is 6.80. The van der Waals surface area contributed by atoms with E-state index in [1.807, 2.05) is 0 Å². The zero-order valence-corrected chi connectivity index (χ0v) is 17.5. The number of amides is 2. The molecule has 0 radical (unpaired) electrons. The number of Topliss-reactive ketones (excluding diaryl/α,β-unsaturated/α-hetero) is 1. The Bertz CT molecular complexity index is 877. The Morgan fingerprint density at radius 1 is 0.967 bits per heavy atom. The Labute approximate surface area is 175 Å². The highest BCUT2D eigenvalue weighted by Crippen LogP contribution is 2.62. The molecule has 0 saturated heterocycles. The predicted octanol–water partition coefficient (Wildman–Crippen LogP) is 2.85. The highest BCUT2D eigenvalue weighted by atomic mass is 16.5. The van der Waals surface area contributed by atoms with Crippen molar-refractivity contribution in [3.8, 4) is 0 Å². The van der Waals surface area contributed by atoms with Gasteiger partial charge in [0.25, 0.3) is 0 Å². The molecule has 0 aliphatic heterocycles. The van der Waals surface area contributed by atoms with Crippen molar-refractivity contribution >= 4 is 29.3 Å². The van der Waals surface area contributed by atoms with Gasteiger partial charge < -0.3 is 15.4 Å². The summed E-state index contributed by atoms with van der Waals surface area (Å²) in [5, 5.41) is 5.78. The van der Waals surface area contributed by atoms with E-state index >= 15 is 0 Å². The molecule has 2 atom stereocenters. The highest BCUT2D eigenvalue weighted by Gasteiger charge is 2.61. The number of hydrogen-bond acceptors (Lipinski definition) is 5. The molecule has 7 nitrogen and oxygen atoms in total. The predicted molar refractivity (Wildman–Crippen MR) is 110 cm³/mol. The number of carbonyl (C=O) groups excluding carboxylic acids is 4. The fraction of sp³-hybridized carbons (Fsp3) is 0.565. The van der Waals surface area contributed by atoms with Gasteiger partial charge in [-0.15, -0.1) is 0 Å². The first-order chi connectivity index (χ1) is 14.2. The van der Waals surface area contributed by atoms with E-state index in [0.29, 0.717) is 29.5 Å². The van der Waals surface area contributed by atoms with Crippen LogP contribution in [-0.2, 0) is 19.1 Å². The number of hydrogen-bond donors (Lipinski definition) is 2. The van der Waals surface area contributed by atoms with Crippen molar-refractivity contribution in [3.05, 3.63) is 29.8 Å².